The number of hydrogen-bond acceptors (Lipinski definition) is 3. The summed E-state index contributed by atoms with van der Waals surface area (Å²) in [6.45, 7) is 2.40. The van der Waals surface area contributed by atoms with E-state index in [4.69, 9.17) is 0 Å². The fourth-order valence-corrected chi connectivity index (χ4v) is 4.77. The molecule has 23 heavy (non-hydrogen) atoms. The van der Waals surface area contributed by atoms with Crippen molar-refractivity contribution < 1.29 is 13.2 Å². The SMILES string of the molecule is CCN(C(=O)c1ccc(-n2cccc2)cc1)C1CCS(=O)(=O)C1. The van der Waals surface area contributed by atoms with Gasteiger partial charge in [0.1, 0.15) is 0 Å². The van der Waals surface area contributed by atoms with Crippen LogP contribution in [0.5, 0.6) is 0 Å². The number of rotatable bonds is 4. The molecule has 1 aliphatic rings. The Balaban J connectivity index is 1.78. The van der Waals surface area contributed by atoms with E-state index < -0.39 is 9.84 Å². The molecule has 0 aliphatic carbocycles. The smallest absolute Gasteiger partial charge is 0.254 e. The molecule has 1 unspecified atom stereocenters. The maximum absolute atomic E-state index is 12.7. The second kappa shape index (κ2) is 6.20. The van der Waals surface area contributed by atoms with Gasteiger partial charge in [-0.1, -0.05) is 0 Å². The zero-order valence-electron chi connectivity index (χ0n) is 13.1. The lowest BCUT2D eigenvalue weighted by Gasteiger charge is -2.27. The summed E-state index contributed by atoms with van der Waals surface area (Å²) in [7, 11) is -3.00. The summed E-state index contributed by atoms with van der Waals surface area (Å²) in [5.41, 5.74) is 1.57. The fourth-order valence-electron chi connectivity index (χ4n) is 3.04. The zero-order valence-corrected chi connectivity index (χ0v) is 13.9. The Hall–Kier alpha value is -2.08. The Bertz CT molecular complexity index is 780. The zero-order chi connectivity index (χ0) is 16.4. The number of benzene rings is 1. The predicted octanol–water partition coefficient (Wildman–Crippen LogP) is 2.13. The van der Waals surface area contributed by atoms with E-state index in [2.05, 4.69) is 0 Å². The van der Waals surface area contributed by atoms with E-state index in [1.807, 2.05) is 48.1 Å². The average Bonchev–Trinajstić information content (AvgIpc) is 3.18. The number of amides is 1. The number of sulfone groups is 1. The molecule has 0 saturated carbocycles. The molecule has 5 nitrogen and oxygen atoms in total. The van der Waals surface area contributed by atoms with Crippen LogP contribution in [0, 0.1) is 0 Å². The maximum Gasteiger partial charge on any atom is 0.254 e. The van der Waals surface area contributed by atoms with Gasteiger partial charge < -0.3 is 9.47 Å². The number of carbonyl (C=O) groups excluding carboxylic acids is 1. The van der Waals surface area contributed by atoms with E-state index in [0.29, 0.717) is 18.5 Å². The summed E-state index contributed by atoms with van der Waals surface area (Å²) in [6, 6.07) is 11.1. The predicted molar refractivity (Wildman–Crippen MR) is 89.5 cm³/mol. The van der Waals surface area contributed by atoms with Gasteiger partial charge in [-0.3, -0.25) is 4.79 Å². The Labute approximate surface area is 136 Å². The summed E-state index contributed by atoms with van der Waals surface area (Å²) >= 11 is 0. The highest BCUT2D eigenvalue weighted by Crippen LogP contribution is 2.20. The minimum Gasteiger partial charge on any atom is -0.335 e. The van der Waals surface area contributed by atoms with Crippen molar-refractivity contribution in [3.05, 3.63) is 54.4 Å². The normalized spacial score (nSPS) is 19.6. The number of aromatic nitrogens is 1. The molecule has 0 bridgehead atoms. The molecule has 0 N–H and O–H groups in total. The first-order valence-electron chi connectivity index (χ1n) is 7.75. The number of carbonyl (C=O) groups is 1. The van der Waals surface area contributed by atoms with Crippen LogP contribution in [-0.2, 0) is 9.84 Å². The first-order valence-corrected chi connectivity index (χ1v) is 9.57. The van der Waals surface area contributed by atoms with Crippen molar-refractivity contribution >= 4 is 15.7 Å². The molecule has 1 amide bonds. The lowest BCUT2D eigenvalue weighted by atomic mass is 10.1. The first-order chi connectivity index (χ1) is 11.0. The van der Waals surface area contributed by atoms with Crippen LogP contribution >= 0.6 is 0 Å². The van der Waals surface area contributed by atoms with Crippen LogP contribution in [0.3, 0.4) is 0 Å². The molecular formula is C17H20N2O3S. The van der Waals surface area contributed by atoms with Gasteiger partial charge in [0.25, 0.3) is 5.91 Å². The van der Waals surface area contributed by atoms with Crippen molar-refractivity contribution in [2.75, 3.05) is 18.1 Å². The highest BCUT2D eigenvalue weighted by molar-refractivity contribution is 7.91. The summed E-state index contributed by atoms with van der Waals surface area (Å²) in [4.78, 5) is 14.4. The molecule has 1 fully saturated rings. The van der Waals surface area contributed by atoms with Gasteiger partial charge in [-0.15, -0.1) is 0 Å². The molecule has 1 atom stereocenters. The van der Waals surface area contributed by atoms with Crippen molar-refractivity contribution in [3.8, 4) is 5.69 Å². The van der Waals surface area contributed by atoms with E-state index in [-0.39, 0.29) is 23.5 Å². The van der Waals surface area contributed by atoms with E-state index >= 15 is 0 Å². The molecule has 0 spiro atoms. The summed E-state index contributed by atoms with van der Waals surface area (Å²) in [6.07, 6.45) is 4.42. The third-order valence-corrected chi connectivity index (χ3v) is 6.02. The van der Waals surface area contributed by atoms with Gasteiger partial charge in [-0.05, 0) is 49.7 Å². The monoisotopic (exact) mass is 332 g/mol. The molecule has 2 heterocycles. The Kier molecular flexibility index (Phi) is 4.26. The van der Waals surface area contributed by atoms with Crippen molar-refractivity contribution in [1.82, 2.24) is 9.47 Å². The van der Waals surface area contributed by atoms with E-state index in [0.717, 1.165) is 5.69 Å². The second-order valence-electron chi connectivity index (χ2n) is 5.79. The van der Waals surface area contributed by atoms with Crippen molar-refractivity contribution in [2.24, 2.45) is 0 Å². The Morgan fingerprint density at radius 3 is 2.39 bits per heavy atom. The van der Waals surface area contributed by atoms with Gasteiger partial charge in [0.05, 0.1) is 11.5 Å². The highest BCUT2D eigenvalue weighted by atomic mass is 32.2. The topological polar surface area (TPSA) is 59.4 Å². The lowest BCUT2D eigenvalue weighted by molar-refractivity contribution is 0.0708. The second-order valence-corrected chi connectivity index (χ2v) is 8.01. The van der Waals surface area contributed by atoms with Crippen LogP contribution in [0.2, 0.25) is 0 Å². The minimum atomic E-state index is -3.00. The van der Waals surface area contributed by atoms with E-state index in [1.165, 1.54) is 0 Å². The average molecular weight is 332 g/mol. The highest BCUT2D eigenvalue weighted by Gasteiger charge is 2.34. The molecule has 6 heteroatoms. The van der Waals surface area contributed by atoms with Gasteiger partial charge in [-0.2, -0.15) is 0 Å². The third-order valence-electron chi connectivity index (χ3n) is 4.27. The number of nitrogens with zero attached hydrogens (tertiary/aromatic N) is 2. The van der Waals surface area contributed by atoms with Crippen LogP contribution in [0.1, 0.15) is 23.7 Å². The van der Waals surface area contributed by atoms with Crippen LogP contribution in [0.25, 0.3) is 5.69 Å². The van der Waals surface area contributed by atoms with Gasteiger partial charge in [-0.25, -0.2) is 8.42 Å². The first kappa shape index (κ1) is 15.8. The maximum atomic E-state index is 12.7. The van der Waals surface area contributed by atoms with Gasteiger partial charge >= 0.3 is 0 Å². The lowest BCUT2D eigenvalue weighted by Crippen LogP contribution is -2.40. The van der Waals surface area contributed by atoms with E-state index in [9.17, 15) is 13.2 Å². The summed E-state index contributed by atoms with van der Waals surface area (Å²) in [5.74, 6) is 0.149. The molecular weight excluding hydrogens is 312 g/mol. The van der Waals surface area contributed by atoms with Crippen molar-refractivity contribution in [3.63, 3.8) is 0 Å². The standard InChI is InChI=1S/C17H20N2O3S/c1-2-19(16-9-12-23(21,22)13-16)17(20)14-5-7-15(8-6-14)18-10-3-4-11-18/h3-8,10-11,16H,2,9,12-13H2,1H3. The molecule has 1 aromatic carbocycles. The molecule has 0 radical (unpaired) electrons. The molecule has 122 valence electrons. The molecule has 1 aliphatic heterocycles. The quantitative estimate of drug-likeness (QED) is 0.862. The minimum absolute atomic E-state index is 0.0774. The Morgan fingerprint density at radius 1 is 1.22 bits per heavy atom. The third kappa shape index (κ3) is 3.32. The van der Waals surface area contributed by atoms with Crippen LogP contribution in [-0.4, -0.2) is 47.9 Å². The van der Waals surface area contributed by atoms with E-state index in [1.54, 1.807) is 17.0 Å². The van der Waals surface area contributed by atoms with Gasteiger partial charge in [0.2, 0.25) is 0 Å². The molecule has 1 aromatic heterocycles. The van der Waals surface area contributed by atoms with Gasteiger partial charge in [0, 0.05) is 36.2 Å². The van der Waals surface area contributed by atoms with Gasteiger partial charge in [0.15, 0.2) is 9.84 Å². The van der Waals surface area contributed by atoms with Crippen LogP contribution < -0.4 is 0 Å². The van der Waals surface area contributed by atoms with Crippen LogP contribution in [0.4, 0.5) is 0 Å². The fraction of sp³-hybridized carbons (Fsp3) is 0.353. The molecule has 2 aromatic rings. The summed E-state index contributed by atoms with van der Waals surface area (Å²) in [5, 5.41) is 0. The number of hydrogen-bond donors (Lipinski definition) is 0. The Morgan fingerprint density at radius 2 is 1.87 bits per heavy atom. The molecule has 3 rings (SSSR count). The largest absolute Gasteiger partial charge is 0.335 e. The van der Waals surface area contributed by atoms with Crippen molar-refractivity contribution in [2.45, 2.75) is 19.4 Å². The molecule has 1 saturated heterocycles. The summed E-state index contributed by atoms with van der Waals surface area (Å²) < 4.78 is 25.3. The van der Waals surface area contributed by atoms with Crippen LogP contribution in [0.15, 0.2) is 48.8 Å². The van der Waals surface area contributed by atoms with Crippen molar-refractivity contribution in [1.29, 1.82) is 0 Å².